The number of rotatable bonds is 4. The van der Waals surface area contributed by atoms with Crippen LogP contribution in [0.25, 0.3) is 0 Å². The van der Waals surface area contributed by atoms with E-state index in [1.165, 1.54) is 0 Å². The smallest absolute Gasteiger partial charge is 0.407 e. The number of carbonyl (C=O) groups excluding carboxylic acids is 1. The van der Waals surface area contributed by atoms with Gasteiger partial charge in [-0.1, -0.05) is 27.7 Å². The third kappa shape index (κ3) is 7.78. The maximum absolute atomic E-state index is 10.9. The van der Waals surface area contributed by atoms with Crippen LogP contribution in [0.5, 0.6) is 0 Å². The zero-order chi connectivity index (χ0) is 12.4. The lowest BCUT2D eigenvalue weighted by Gasteiger charge is -2.16. The normalized spacial score (nSPS) is 11.1. The van der Waals surface area contributed by atoms with Gasteiger partial charge in [-0.2, -0.15) is 0 Å². The van der Waals surface area contributed by atoms with Gasteiger partial charge in [-0.25, -0.2) is 9.59 Å². The Balaban J connectivity index is 0. The number of carboxylic acid groups (broad SMARTS) is 1. The molecule has 1 unspecified atom stereocenters. The highest BCUT2D eigenvalue weighted by Crippen LogP contribution is 2.01. The molecule has 0 aliphatic carbocycles. The lowest BCUT2D eigenvalue weighted by molar-refractivity contribution is -0.140. The molecule has 0 aromatic heterocycles. The van der Waals surface area contributed by atoms with E-state index in [-0.39, 0.29) is 12.5 Å². The molecule has 0 aliphatic heterocycles. The SMILES string of the molecule is CC.CCOC(=O)NC(C(=O)O)C(C)C. The zero-order valence-corrected chi connectivity index (χ0v) is 10.0. The zero-order valence-electron chi connectivity index (χ0n) is 10.0. The molecule has 0 radical (unpaired) electrons. The van der Waals surface area contributed by atoms with Crippen molar-refractivity contribution in [1.82, 2.24) is 5.32 Å². The molecule has 5 nitrogen and oxygen atoms in total. The number of hydrogen-bond donors (Lipinski definition) is 2. The van der Waals surface area contributed by atoms with Crippen LogP contribution in [0.4, 0.5) is 4.79 Å². The van der Waals surface area contributed by atoms with E-state index in [1.807, 2.05) is 13.8 Å². The Kier molecular flexibility index (Phi) is 10.0. The minimum atomic E-state index is -1.05. The molecular weight excluding hydrogens is 198 g/mol. The molecule has 1 atom stereocenters. The van der Waals surface area contributed by atoms with Crippen LogP contribution in [-0.4, -0.2) is 29.8 Å². The average Bonchev–Trinajstić information content (AvgIpc) is 2.17. The van der Waals surface area contributed by atoms with Crippen LogP contribution in [0.1, 0.15) is 34.6 Å². The molecule has 90 valence electrons. The number of ether oxygens (including phenoxy) is 1. The monoisotopic (exact) mass is 219 g/mol. The minimum absolute atomic E-state index is 0.165. The summed E-state index contributed by atoms with van der Waals surface area (Å²) in [5, 5.41) is 10.9. The van der Waals surface area contributed by atoms with E-state index in [0.717, 1.165) is 0 Å². The highest BCUT2D eigenvalue weighted by atomic mass is 16.5. The summed E-state index contributed by atoms with van der Waals surface area (Å²) >= 11 is 0. The molecule has 0 saturated carbocycles. The Morgan fingerprint density at radius 2 is 1.80 bits per heavy atom. The van der Waals surface area contributed by atoms with Crippen LogP contribution in [0, 0.1) is 5.92 Å². The van der Waals surface area contributed by atoms with Crippen molar-refractivity contribution in [3.63, 3.8) is 0 Å². The lowest BCUT2D eigenvalue weighted by Crippen LogP contribution is -2.44. The summed E-state index contributed by atoms with van der Waals surface area (Å²) < 4.78 is 4.56. The van der Waals surface area contributed by atoms with Gasteiger partial charge in [0, 0.05) is 0 Å². The van der Waals surface area contributed by atoms with Gasteiger partial charge in [0.1, 0.15) is 6.04 Å². The minimum Gasteiger partial charge on any atom is -0.480 e. The molecule has 2 N–H and O–H groups in total. The Morgan fingerprint density at radius 3 is 2.07 bits per heavy atom. The van der Waals surface area contributed by atoms with Crippen molar-refractivity contribution < 1.29 is 19.4 Å². The third-order valence-electron chi connectivity index (χ3n) is 1.48. The fourth-order valence-corrected chi connectivity index (χ4v) is 0.813. The van der Waals surface area contributed by atoms with Gasteiger partial charge in [-0.05, 0) is 12.8 Å². The van der Waals surface area contributed by atoms with Gasteiger partial charge in [0.05, 0.1) is 6.61 Å². The van der Waals surface area contributed by atoms with E-state index in [4.69, 9.17) is 5.11 Å². The van der Waals surface area contributed by atoms with Crippen molar-refractivity contribution in [3.05, 3.63) is 0 Å². The van der Waals surface area contributed by atoms with Crippen molar-refractivity contribution in [2.24, 2.45) is 5.92 Å². The predicted molar refractivity (Wildman–Crippen MR) is 57.8 cm³/mol. The summed E-state index contributed by atoms with van der Waals surface area (Å²) in [5.74, 6) is -1.22. The van der Waals surface area contributed by atoms with E-state index >= 15 is 0 Å². The van der Waals surface area contributed by atoms with Crippen LogP contribution in [0.2, 0.25) is 0 Å². The summed E-state index contributed by atoms with van der Waals surface area (Å²) in [6.07, 6.45) is -0.691. The molecule has 15 heavy (non-hydrogen) atoms. The number of carboxylic acids is 1. The van der Waals surface area contributed by atoms with Crippen LogP contribution < -0.4 is 5.32 Å². The Labute approximate surface area is 90.8 Å². The molecule has 0 spiro atoms. The largest absolute Gasteiger partial charge is 0.480 e. The van der Waals surface area contributed by atoms with Gasteiger partial charge < -0.3 is 15.2 Å². The van der Waals surface area contributed by atoms with Crippen molar-refractivity contribution in [2.45, 2.75) is 40.7 Å². The molecule has 0 bridgehead atoms. The van der Waals surface area contributed by atoms with E-state index in [2.05, 4.69) is 10.1 Å². The van der Waals surface area contributed by atoms with Gasteiger partial charge >= 0.3 is 12.1 Å². The number of amides is 1. The Bertz CT molecular complexity index is 192. The summed E-state index contributed by atoms with van der Waals surface area (Å²) in [4.78, 5) is 21.5. The molecule has 0 saturated heterocycles. The van der Waals surface area contributed by atoms with Crippen molar-refractivity contribution in [2.75, 3.05) is 6.61 Å². The summed E-state index contributed by atoms with van der Waals surface area (Å²) in [7, 11) is 0. The molecule has 0 aliphatic rings. The first kappa shape index (κ1) is 16.2. The lowest BCUT2D eigenvalue weighted by atomic mass is 10.1. The van der Waals surface area contributed by atoms with Gasteiger partial charge in [0.25, 0.3) is 0 Å². The number of carbonyl (C=O) groups is 2. The van der Waals surface area contributed by atoms with Crippen LogP contribution in [0.3, 0.4) is 0 Å². The van der Waals surface area contributed by atoms with Crippen molar-refractivity contribution in [3.8, 4) is 0 Å². The van der Waals surface area contributed by atoms with E-state index < -0.39 is 18.1 Å². The van der Waals surface area contributed by atoms with E-state index in [9.17, 15) is 9.59 Å². The maximum atomic E-state index is 10.9. The molecule has 0 fully saturated rings. The average molecular weight is 219 g/mol. The van der Waals surface area contributed by atoms with Crippen molar-refractivity contribution >= 4 is 12.1 Å². The maximum Gasteiger partial charge on any atom is 0.407 e. The topological polar surface area (TPSA) is 75.6 Å². The number of hydrogen-bond acceptors (Lipinski definition) is 3. The molecule has 0 aromatic carbocycles. The first-order chi connectivity index (χ1) is 6.99. The highest BCUT2D eigenvalue weighted by molar-refractivity contribution is 5.80. The van der Waals surface area contributed by atoms with Gasteiger partial charge in [0.2, 0.25) is 0 Å². The first-order valence-electron chi connectivity index (χ1n) is 5.15. The van der Waals surface area contributed by atoms with Crippen LogP contribution in [-0.2, 0) is 9.53 Å². The summed E-state index contributed by atoms with van der Waals surface area (Å²) in [6.45, 7) is 9.32. The molecule has 0 aromatic rings. The second kappa shape index (κ2) is 9.30. The third-order valence-corrected chi connectivity index (χ3v) is 1.48. The van der Waals surface area contributed by atoms with E-state index in [0.29, 0.717) is 0 Å². The van der Waals surface area contributed by atoms with Gasteiger partial charge in [0.15, 0.2) is 0 Å². The van der Waals surface area contributed by atoms with Crippen LogP contribution >= 0.6 is 0 Å². The standard InChI is InChI=1S/C8H15NO4.C2H6/c1-4-13-8(12)9-6(5(2)3)7(10)11;1-2/h5-6H,4H2,1-3H3,(H,9,12)(H,10,11);1-2H3. The first-order valence-corrected chi connectivity index (χ1v) is 5.15. The fourth-order valence-electron chi connectivity index (χ4n) is 0.813. The van der Waals surface area contributed by atoms with Crippen LogP contribution in [0.15, 0.2) is 0 Å². The number of aliphatic carboxylic acids is 1. The predicted octanol–water partition coefficient (Wildman–Crippen LogP) is 1.87. The second-order valence-corrected chi connectivity index (χ2v) is 2.92. The Hall–Kier alpha value is -1.26. The van der Waals surface area contributed by atoms with Gasteiger partial charge in [-0.15, -0.1) is 0 Å². The molecule has 5 heteroatoms. The summed E-state index contributed by atoms with van der Waals surface area (Å²) in [5.41, 5.74) is 0. The molecule has 0 heterocycles. The summed E-state index contributed by atoms with van der Waals surface area (Å²) in [6, 6.07) is -0.890. The molecular formula is C10H21NO4. The number of nitrogens with one attached hydrogen (secondary N) is 1. The Morgan fingerprint density at radius 1 is 1.33 bits per heavy atom. The van der Waals surface area contributed by atoms with Gasteiger partial charge in [-0.3, -0.25) is 0 Å². The second-order valence-electron chi connectivity index (χ2n) is 2.92. The van der Waals surface area contributed by atoms with Crippen molar-refractivity contribution in [1.29, 1.82) is 0 Å². The number of alkyl carbamates (subject to hydrolysis) is 1. The molecule has 0 rings (SSSR count). The fraction of sp³-hybridized carbons (Fsp3) is 0.800. The quantitative estimate of drug-likeness (QED) is 0.756. The van der Waals surface area contributed by atoms with E-state index in [1.54, 1.807) is 20.8 Å². The molecule has 1 amide bonds. The highest BCUT2D eigenvalue weighted by Gasteiger charge is 2.23.